The van der Waals surface area contributed by atoms with Crippen LogP contribution in [0.15, 0.2) is 72.3 Å². The van der Waals surface area contributed by atoms with E-state index < -0.39 is 17.7 Å². The second-order valence-electron chi connectivity index (χ2n) is 8.24. The fourth-order valence-electron chi connectivity index (χ4n) is 4.21. The number of thiazole rings is 1. The fourth-order valence-corrected chi connectivity index (χ4v) is 5.30. The number of Topliss-reactive ketones (excluding diaryl/α,β-unsaturated/α-hetero) is 1. The molecule has 3 aromatic carbocycles. The Kier molecular flexibility index (Phi) is 5.42. The largest absolute Gasteiger partial charge is 0.507 e. The van der Waals surface area contributed by atoms with Gasteiger partial charge in [0.25, 0.3) is 5.78 Å². The summed E-state index contributed by atoms with van der Waals surface area (Å²) in [5.41, 5.74) is 3.89. The number of carbonyl (C=O) groups excluding carboxylic acids is 2. The minimum Gasteiger partial charge on any atom is -0.507 e. The van der Waals surface area contributed by atoms with Crippen molar-refractivity contribution in [1.82, 2.24) is 4.98 Å². The number of carbonyl (C=O) groups is 2. The van der Waals surface area contributed by atoms with Gasteiger partial charge in [0.1, 0.15) is 17.6 Å². The first-order chi connectivity index (χ1) is 16.4. The highest BCUT2D eigenvalue weighted by molar-refractivity contribution is 7.22. The molecule has 5 rings (SSSR count). The summed E-state index contributed by atoms with van der Waals surface area (Å²) >= 11 is 1.33. The van der Waals surface area contributed by atoms with Gasteiger partial charge in [-0.2, -0.15) is 0 Å². The molecule has 1 N–H and O–H groups in total. The molecule has 7 heteroatoms. The lowest BCUT2D eigenvalue weighted by molar-refractivity contribution is -0.132. The van der Waals surface area contributed by atoms with E-state index in [1.807, 2.05) is 56.3 Å². The highest BCUT2D eigenvalue weighted by Gasteiger charge is 2.49. The zero-order chi connectivity index (χ0) is 24.0. The SMILES string of the molecule is COc1ccccc1C1/C(=C(\O)c2ccc(C)cc2)C(=O)C(=O)N1c1nc2ccc(C)cc2s1. The molecular formula is C27H22N2O4S. The van der Waals surface area contributed by atoms with Crippen LogP contribution < -0.4 is 9.64 Å². The number of ether oxygens (including phenoxy) is 1. The van der Waals surface area contributed by atoms with Crippen molar-refractivity contribution < 1.29 is 19.4 Å². The third kappa shape index (κ3) is 3.54. The Morgan fingerprint density at radius 2 is 1.71 bits per heavy atom. The average molecular weight is 471 g/mol. The molecule has 0 saturated carbocycles. The van der Waals surface area contributed by atoms with Crippen LogP contribution in [0.4, 0.5) is 5.13 Å². The number of para-hydroxylation sites is 1. The number of aromatic nitrogens is 1. The quantitative estimate of drug-likeness (QED) is 0.240. The molecule has 2 heterocycles. The minimum atomic E-state index is -0.890. The first-order valence-electron chi connectivity index (χ1n) is 10.8. The number of ketones is 1. The van der Waals surface area contributed by atoms with Crippen molar-refractivity contribution in [3.8, 4) is 5.75 Å². The van der Waals surface area contributed by atoms with Crippen LogP contribution in [-0.2, 0) is 9.59 Å². The molecule has 4 aromatic rings. The standard InChI is InChI=1S/C27H22N2O4S/c1-15-8-11-17(12-9-15)24(30)22-23(18-6-4-5-7-20(18)33-3)29(26(32)25(22)31)27-28-19-13-10-16(2)14-21(19)34-27/h4-14,23,30H,1-3H3/b24-22+. The topological polar surface area (TPSA) is 79.7 Å². The smallest absolute Gasteiger partial charge is 0.301 e. The Balaban J connectivity index is 1.76. The van der Waals surface area contributed by atoms with Crippen LogP contribution in [0.2, 0.25) is 0 Å². The van der Waals surface area contributed by atoms with Gasteiger partial charge in [0, 0.05) is 11.1 Å². The van der Waals surface area contributed by atoms with Gasteiger partial charge in [0.15, 0.2) is 5.13 Å². The van der Waals surface area contributed by atoms with E-state index in [1.54, 1.807) is 24.3 Å². The van der Waals surface area contributed by atoms with Crippen molar-refractivity contribution in [1.29, 1.82) is 0 Å². The van der Waals surface area contributed by atoms with Crippen LogP contribution in [0.25, 0.3) is 16.0 Å². The Labute approximate surface area is 200 Å². The molecule has 0 radical (unpaired) electrons. The van der Waals surface area contributed by atoms with E-state index in [9.17, 15) is 14.7 Å². The van der Waals surface area contributed by atoms with E-state index >= 15 is 0 Å². The van der Waals surface area contributed by atoms with E-state index in [0.29, 0.717) is 22.0 Å². The van der Waals surface area contributed by atoms with Crippen molar-refractivity contribution in [2.24, 2.45) is 0 Å². The van der Waals surface area contributed by atoms with Gasteiger partial charge in [-0.15, -0.1) is 0 Å². The summed E-state index contributed by atoms with van der Waals surface area (Å²) in [6, 6.07) is 19.3. The summed E-state index contributed by atoms with van der Waals surface area (Å²) in [6.07, 6.45) is 0. The van der Waals surface area contributed by atoms with Gasteiger partial charge in [-0.1, -0.05) is 65.4 Å². The molecule has 1 unspecified atom stereocenters. The molecule has 1 amide bonds. The van der Waals surface area contributed by atoms with Gasteiger partial charge in [0.05, 0.1) is 22.9 Å². The van der Waals surface area contributed by atoms with Crippen LogP contribution >= 0.6 is 11.3 Å². The maximum Gasteiger partial charge on any atom is 0.301 e. The average Bonchev–Trinajstić information content (AvgIpc) is 3.36. The number of amides is 1. The second-order valence-corrected chi connectivity index (χ2v) is 9.25. The predicted octanol–water partition coefficient (Wildman–Crippen LogP) is 5.55. The number of anilines is 1. The van der Waals surface area contributed by atoms with E-state index in [1.165, 1.54) is 23.3 Å². The highest BCUT2D eigenvalue weighted by Crippen LogP contribution is 2.46. The van der Waals surface area contributed by atoms with E-state index in [2.05, 4.69) is 4.98 Å². The molecule has 34 heavy (non-hydrogen) atoms. The van der Waals surface area contributed by atoms with Gasteiger partial charge in [-0.25, -0.2) is 4.98 Å². The van der Waals surface area contributed by atoms with E-state index in [4.69, 9.17) is 4.74 Å². The molecule has 1 fully saturated rings. The van der Waals surface area contributed by atoms with Crippen molar-refractivity contribution in [2.75, 3.05) is 12.0 Å². The Bertz CT molecular complexity index is 1470. The van der Waals surface area contributed by atoms with Crippen molar-refractivity contribution in [2.45, 2.75) is 19.9 Å². The van der Waals surface area contributed by atoms with Crippen molar-refractivity contribution in [3.63, 3.8) is 0 Å². The second kappa shape index (κ2) is 8.43. The molecule has 1 saturated heterocycles. The molecule has 0 spiro atoms. The lowest BCUT2D eigenvalue weighted by Gasteiger charge is -2.24. The molecular weight excluding hydrogens is 448 g/mol. The van der Waals surface area contributed by atoms with Gasteiger partial charge in [0.2, 0.25) is 0 Å². The van der Waals surface area contributed by atoms with Crippen molar-refractivity contribution >= 4 is 44.1 Å². The molecule has 1 aliphatic rings. The van der Waals surface area contributed by atoms with Gasteiger partial charge in [-0.05, 0) is 37.6 Å². The maximum absolute atomic E-state index is 13.4. The third-order valence-electron chi connectivity index (χ3n) is 5.94. The van der Waals surface area contributed by atoms with E-state index in [-0.39, 0.29) is 11.3 Å². The summed E-state index contributed by atoms with van der Waals surface area (Å²) in [4.78, 5) is 32.8. The summed E-state index contributed by atoms with van der Waals surface area (Å²) in [7, 11) is 1.53. The van der Waals surface area contributed by atoms with Crippen LogP contribution in [-0.4, -0.2) is 28.9 Å². The molecule has 1 aromatic heterocycles. The van der Waals surface area contributed by atoms with Crippen LogP contribution in [0.1, 0.15) is 28.3 Å². The van der Waals surface area contributed by atoms with Gasteiger partial charge >= 0.3 is 5.91 Å². The number of aliphatic hydroxyl groups is 1. The summed E-state index contributed by atoms with van der Waals surface area (Å²) in [5, 5.41) is 11.6. The Morgan fingerprint density at radius 3 is 2.44 bits per heavy atom. The number of benzene rings is 3. The summed E-state index contributed by atoms with van der Waals surface area (Å²) < 4.78 is 6.48. The first-order valence-corrected chi connectivity index (χ1v) is 11.6. The maximum atomic E-state index is 13.4. The van der Waals surface area contributed by atoms with Gasteiger partial charge in [-0.3, -0.25) is 14.5 Å². The minimum absolute atomic E-state index is 0.00814. The fraction of sp³-hybridized carbons (Fsp3) is 0.148. The summed E-state index contributed by atoms with van der Waals surface area (Å²) in [6.45, 7) is 3.92. The number of methoxy groups -OCH3 is 1. The molecule has 6 nitrogen and oxygen atoms in total. The normalized spacial score (nSPS) is 17.5. The molecule has 0 aliphatic carbocycles. The lowest BCUT2D eigenvalue weighted by Crippen LogP contribution is -2.29. The number of nitrogens with zero attached hydrogens (tertiary/aromatic N) is 2. The molecule has 1 atom stereocenters. The zero-order valence-corrected chi connectivity index (χ0v) is 19.7. The number of hydrogen-bond acceptors (Lipinski definition) is 6. The molecule has 0 bridgehead atoms. The van der Waals surface area contributed by atoms with Crippen LogP contribution in [0.3, 0.4) is 0 Å². The molecule has 170 valence electrons. The predicted molar refractivity (Wildman–Crippen MR) is 133 cm³/mol. The summed E-state index contributed by atoms with van der Waals surface area (Å²) in [5.74, 6) is -1.22. The molecule has 1 aliphatic heterocycles. The van der Waals surface area contributed by atoms with Crippen molar-refractivity contribution in [3.05, 3.63) is 94.6 Å². The Morgan fingerprint density at radius 1 is 1.00 bits per heavy atom. The highest BCUT2D eigenvalue weighted by atomic mass is 32.1. The van der Waals surface area contributed by atoms with E-state index in [0.717, 1.165) is 21.3 Å². The van der Waals surface area contributed by atoms with Gasteiger partial charge < -0.3 is 9.84 Å². The first kappa shape index (κ1) is 21.9. The lowest BCUT2D eigenvalue weighted by atomic mass is 9.94. The number of hydrogen-bond donors (Lipinski definition) is 1. The zero-order valence-electron chi connectivity index (χ0n) is 18.9. The number of fused-ring (bicyclic) bond motifs is 1. The number of rotatable bonds is 4. The van der Waals surface area contributed by atoms with Crippen LogP contribution in [0, 0.1) is 13.8 Å². The monoisotopic (exact) mass is 470 g/mol. The van der Waals surface area contributed by atoms with Crippen LogP contribution in [0.5, 0.6) is 5.75 Å². The third-order valence-corrected chi connectivity index (χ3v) is 6.96. The number of aryl methyl sites for hydroxylation is 2. The Hall–Kier alpha value is -3.97. The number of aliphatic hydroxyl groups excluding tert-OH is 1.